The van der Waals surface area contributed by atoms with Gasteiger partial charge < -0.3 is 15.5 Å². The number of hydrogen-bond donors (Lipinski definition) is 1. The fourth-order valence-electron chi connectivity index (χ4n) is 2.90. The highest BCUT2D eigenvalue weighted by Crippen LogP contribution is 2.10. The van der Waals surface area contributed by atoms with Crippen molar-refractivity contribution >= 4 is 36.6 Å². The number of piperazine rings is 1. The van der Waals surface area contributed by atoms with E-state index in [4.69, 9.17) is 5.73 Å². The van der Waals surface area contributed by atoms with Crippen LogP contribution in [0, 0.1) is 0 Å². The molecule has 6 nitrogen and oxygen atoms in total. The molecule has 22 heavy (non-hydrogen) atoms. The molecule has 0 bridgehead atoms. The van der Waals surface area contributed by atoms with Crippen molar-refractivity contribution < 1.29 is 9.59 Å². The molecule has 0 aromatic heterocycles. The van der Waals surface area contributed by atoms with Crippen LogP contribution in [0.1, 0.15) is 25.7 Å². The first-order chi connectivity index (χ1) is 9.70. The lowest BCUT2D eigenvalue weighted by Crippen LogP contribution is -2.52. The maximum absolute atomic E-state index is 12.3. The highest BCUT2D eigenvalue weighted by Gasteiger charge is 2.23. The zero-order valence-electron chi connectivity index (χ0n) is 13.0. The summed E-state index contributed by atoms with van der Waals surface area (Å²) in [7, 11) is 0. The number of nitrogens with two attached hydrogens (primary N) is 1. The summed E-state index contributed by atoms with van der Waals surface area (Å²) in [5.74, 6) is 0.244. The lowest BCUT2D eigenvalue weighted by molar-refractivity contribution is -0.134. The lowest BCUT2D eigenvalue weighted by Gasteiger charge is -2.35. The number of carbonyl (C=O) groups excluding carboxylic acids is 2. The lowest BCUT2D eigenvalue weighted by atomic mass is 10.2. The Bertz CT molecular complexity index is 342. The zero-order valence-corrected chi connectivity index (χ0v) is 14.7. The fourth-order valence-corrected chi connectivity index (χ4v) is 2.90. The molecule has 2 aliphatic rings. The van der Waals surface area contributed by atoms with Crippen molar-refractivity contribution in [3.63, 3.8) is 0 Å². The third kappa shape index (κ3) is 6.28. The molecular formula is C14H28Cl2N4O2. The summed E-state index contributed by atoms with van der Waals surface area (Å²) in [4.78, 5) is 29.7. The highest BCUT2D eigenvalue weighted by molar-refractivity contribution is 5.85. The molecule has 0 unspecified atom stereocenters. The standard InChI is InChI=1S/C14H26N4O2.2ClH/c15-11-13(19)18-9-7-16(8-10-18)12-14(20)17-5-3-1-2-4-6-17;;/h1-12,15H2;2*1H. The van der Waals surface area contributed by atoms with E-state index in [2.05, 4.69) is 4.90 Å². The van der Waals surface area contributed by atoms with Gasteiger partial charge in [0.2, 0.25) is 11.8 Å². The molecule has 2 rings (SSSR count). The summed E-state index contributed by atoms with van der Waals surface area (Å²) in [6.45, 7) is 5.29. The largest absolute Gasteiger partial charge is 0.342 e. The minimum atomic E-state index is 0. The molecule has 2 aliphatic heterocycles. The summed E-state index contributed by atoms with van der Waals surface area (Å²) in [6.07, 6.45) is 4.74. The van der Waals surface area contributed by atoms with E-state index in [1.54, 1.807) is 4.90 Å². The number of carbonyl (C=O) groups is 2. The molecule has 0 atom stereocenters. The van der Waals surface area contributed by atoms with E-state index in [0.29, 0.717) is 19.6 Å². The van der Waals surface area contributed by atoms with Crippen LogP contribution in [0.25, 0.3) is 0 Å². The maximum atomic E-state index is 12.3. The quantitative estimate of drug-likeness (QED) is 0.793. The molecule has 2 amide bonds. The number of halogens is 2. The van der Waals surface area contributed by atoms with Crippen LogP contribution < -0.4 is 5.73 Å². The second-order valence-electron chi connectivity index (χ2n) is 5.66. The van der Waals surface area contributed by atoms with Crippen LogP contribution in [0.3, 0.4) is 0 Å². The van der Waals surface area contributed by atoms with E-state index in [1.807, 2.05) is 4.90 Å². The van der Waals surface area contributed by atoms with Gasteiger partial charge in [0.1, 0.15) is 0 Å². The molecular weight excluding hydrogens is 327 g/mol. The third-order valence-corrected chi connectivity index (χ3v) is 4.22. The van der Waals surface area contributed by atoms with Crippen molar-refractivity contribution in [2.24, 2.45) is 5.73 Å². The maximum Gasteiger partial charge on any atom is 0.236 e. The van der Waals surface area contributed by atoms with Crippen molar-refractivity contribution in [1.82, 2.24) is 14.7 Å². The molecule has 0 aromatic rings. The Kier molecular flexibility index (Phi) is 10.8. The van der Waals surface area contributed by atoms with E-state index in [-0.39, 0.29) is 43.2 Å². The van der Waals surface area contributed by atoms with Gasteiger partial charge in [-0.25, -0.2) is 0 Å². The van der Waals surface area contributed by atoms with Gasteiger partial charge in [-0.3, -0.25) is 14.5 Å². The first kappa shape index (κ1) is 21.4. The Labute approximate surface area is 145 Å². The Balaban J connectivity index is 0.00000220. The monoisotopic (exact) mass is 354 g/mol. The van der Waals surface area contributed by atoms with Gasteiger partial charge in [-0.15, -0.1) is 24.8 Å². The van der Waals surface area contributed by atoms with Gasteiger partial charge in [0, 0.05) is 39.3 Å². The second kappa shape index (κ2) is 11.0. The van der Waals surface area contributed by atoms with Crippen LogP contribution in [0.4, 0.5) is 0 Å². The van der Waals surface area contributed by atoms with Crippen molar-refractivity contribution in [3.05, 3.63) is 0 Å². The van der Waals surface area contributed by atoms with E-state index in [1.165, 1.54) is 12.8 Å². The number of rotatable bonds is 3. The predicted octanol–water partition coefficient (Wildman–Crippen LogP) is 0.336. The molecule has 0 saturated carbocycles. The molecule has 2 fully saturated rings. The van der Waals surface area contributed by atoms with Crippen molar-refractivity contribution in [2.45, 2.75) is 25.7 Å². The zero-order chi connectivity index (χ0) is 14.4. The SMILES string of the molecule is Cl.Cl.NCC(=O)N1CCN(CC(=O)N2CCCCCC2)CC1. The molecule has 8 heteroatoms. The predicted molar refractivity (Wildman–Crippen MR) is 91.6 cm³/mol. The number of likely N-dealkylation sites (tertiary alicyclic amines) is 1. The van der Waals surface area contributed by atoms with Crippen LogP contribution in [0.15, 0.2) is 0 Å². The second-order valence-corrected chi connectivity index (χ2v) is 5.66. The average Bonchev–Trinajstić information content (AvgIpc) is 2.76. The summed E-state index contributed by atoms with van der Waals surface area (Å²) < 4.78 is 0. The molecule has 0 aliphatic carbocycles. The summed E-state index contributed by atoms with van der Waals surface area (Å²) >= 11 is 0. The first-order valence-corrected chi connectivity index (χ1v) is 7.68. The molecule has 2 N–H and O–H groups in total. The minimum Gasteiger partial charge on any atom is -0.342 e. The van der Waals surface area contributed by atoms with E-state index >= 15 is 0 Å². The van der Waals surface area contributed by atoms with Crippen molar-refractivity contribution in [2.75, 3.05) is 52.4 Å². The van der Waals surface area contributed by atoms with Crippen LogP contribution >= 0.6 is 24.8 Å². The topological polar surface area (TPSA) is 69.9 Å². The molecule has 130 valence electrons. The van der Waals surface area contributed by atoms with Crippen LogP contribution in [0.2, 0.25) is 0 Å². The van der Waals surface area contributed by atoms with E-state index < -0.39 is 0 Å². The normalized spacial score (nSPS) is 19.7. The van der Waals surface area contributed by atoms with Gasteiger partial charge in [-0.2, -0.15) is 0 Å². The first-order valence-electron chi connectivity index (χ1n) is 7.68. The third-order valence-electron chi connectivity index (χ3n) is 4.22. The van der Waals surface area contributed by atoms with Crippen molar-refractivity contribution in [3.8, 4) is 0 Å². The number of amides is 2. The van der Waals surface area contributed by atoms with E-state index in [0.717, 1.165) is 39.0 Å². The number of nitrogens with zero attached hydrogens (tertiary/aromatic N) is 3. The molecule has 0 radical (unpaired) electrons. The van der Waals surface area contributed by atoms with Gasteiger partial charge >= 0.3 is 0 Å². The van der Waals surface area contributed by atoms with Crippen molar-refractivity contribution in [1.29, 1.82) is 0 Å². The van der Waals surface area contributed by atoms with Gasteiger partial charge in [-0.1, -0.05) is 12.8 Å². The minimum absolute atomic E-state index is 0. The molecule has 0 aromatic carbocycles. The average molecular weight is 355 g/mol. The Morgan fingerprint density at radius 1 is 0.727 bits per heavy atom. The smallest absolute Gasteiger partial charge is 0.236 e. The summed E-state index contributed by atoms with van der Waals surface area (Å²) in [6, 6.07) is 0. The van der Waals surface area contributed by atoms with Gasteiger partial charge in [0.15, 0.2) is 0 Å². The fraction of sp³-hybridized carbons (Fsp3) is 0.857. The number of hydrogen-bond acceptors (Lipinski definition) is 4. The van der Waals surface area contributed by atoms with Crippen LogP contribution in [-0.2, 0) is 9.59 Å². The summed E-state index contributed by atoms with van der Waals surface area (Å²) in [5.41, 5.74) is 5.36. The molecule has 2 saturated heterocycles. The van der Waals surface area contributed by atoms with Crippen LogP contribution in [0.5, 0.6) is 0 Å². The Hall–Kier alpha value is -0.560. The molecule has 2 heterocycles. The van der Waals surface area contributed by atoms with Crippen LogP contribution in [-0.4, -0.2) is 78.9 Å². The van der Waals surface area contributed by atoms with Gasteiger partial charge in [0.05, 0.1) is 13.1 Å². The summed E-state index contributed by atoms with van der Waals surface area (Å²) in [5, 5.41) is 0. The Morgan fingerprint density at radius 3 is 1.73 bits per heavy atom. The Morgan fingerprint density at radius 2 is 1.23 bits per heavy atom. The highest BCUT2D eigenvalue weighted by atomic mass is 35.5. The van der Waals surface area contributed by atoms with Gasteiger partial charge in [0.25, 0.3) is 0 Å². The molecule has 0 spiro atoms. The van der Waals surface area contributed by atoms with Gasteiger partial charge in [-0.05, 0) is 12.8 Å². The van der Waals surface area contributed by atoms with E-state index in [9.17, 15) is 9.59 Å².